The molecule has 2 saturated heterocycles. The van der Waals surface area contributed by atoms with Gasteiger partial charge in [0.05, 0.1) is 13.0 Å². The van der Waals surface area contributed by atoms with E-state index in [9.17, 15) is 14.4 Å². The van der Waals surface area contributed by atoms with E-state index in [1.165, 1.54) is 0 Å². The molecule has 2 aliphatic heterocycles. The molecule has 0 aromatic heterocycles. The molecule has 2 fully saturated rings. The molecule has 0 spiro atoms. The molecule has 0 bridgehead atoms. The maximum atomic E-state index is 12.6. The first-order valence-corrected chi connectivity index (χ1v) is 11.3. The highest BCUT2D eigenvalue weighted by atomic mass is 35.5. The van der Waals surface area contributed by atoms with Crippen molar-refractivity contribution in [2.75, 3.05) is 49.5 Å². The molecular weight excluding hydrogens is 428 g/mol. The van der Waals surface area contributed by atoms with Gasteiger partial charge < -0.3 is 15.1 Å². The highest BCUT2D eigenvalue weighted by molar-refractivity contribution is 6.31. The van der Waals surface area contributed by atoms with E-state index in [0.717, 1.165) is 24.2 Å². The second-order valence-corrected chi connectivity index (χ2v) is 8.58. The van der Waals surface area contributed by atoms with Gasteiger partial charge in [-0.3, -0.25) is 19.3 Å². The molecule has 32 heavy (non-hydrogen) atoms. The first-order valence-electron chi connectivity index (χ1n) is 10.9. The third-order valence-corrected chi connectivity index (χ3v) is 6.28. The molecule has 4 rings (SSSR count). The smallest absolute Gasteiger partial charge is 0.238 e. The van der Waals surface area contributed by atoms with E-state index in [2.05, 4.69) is 5.32 Å². The van der Waals surface area contributed by atoms with E-state index in [1.54, 1.807) is 11.0 Å². The Morgan fingerprint density at radius 3 is 2.47 bits per heavy atom. The van der Waals surface area contributed by atoms with Crippen molar-refractivity contribution in [2.24, 2.45) is 0 Å². The molecule has 1 N–H and O–H groups in total. The maximum Gasteiger partial charge on any atom is 0.238 e. The van der Waals surface area contributed by atoms with Crippen LogP contribution in [0.15, 0.2) is 48.5 Å². The molecule has 7 nitrogen and oxygen atoms in total. The average Bonchev–Trinajstić information content (AvgIpc) is 3.22. The number of hydrogen-bond donors (Lipinski definition) is 1. The summed E-state index contributed by atoms with van der Waals surface area (Å²) in [6.45, 7) is 3.44. The standard InChI is InChI=1S/C24H27ClN4O3/c25-21-8-2-1-5-18(21)15-24(32)28-13-11-27(12-14-28)17-22(30)26-19-6-3-7-20(16-19)29-10-4-9-23(29)31/h1-3,5-8,16H,4,9-15,17H2,(H,26,30). The van der Waals surface area contributed by atoms with Crippen LogP contribution in [-0.4, -0.2) is 66.8 Å². The Morgan fingerprint density at radius 1 is 0.969 bits per heavy atom. The molecular formula is C24H27ClN4O3. The van der Waals surface area contributed by atoms with Gasteiger partial charge in [-0.15, -0.1) is 0 Å². The van der Waals surface area contributed by atoms with Gasteiger partial charge in [0, 0.05) is 55.5 Å². The highest BCUT2D eigenvalue weighted by Crippen LogP contribution is 2.24. The minimum absolute atomic E-state index is 0.0514. The third kappa shape index (κ3) is 5.47. The summed E-state index contributed by atoms with van der Waals surface area (Å²) in [6, 6.07) is 14.8. The zero-order valence-corrected chi connectivity index (χ0v) is 18.7. The molecule has 3 amide bonds. The first kappa shape index (κ1) is 22.3. The lowest BCUT2D eigenvalue weighted by molar-refractivity contribution is -0.132. The van der Waals surface area contributed by atoms with Crippen molar-refractivity contribution in [1.29, 1.82) is 0 Å². The van der Waals surface area contributed by atoms with Gasteiger partial charge in [-0.05, 0) is 36.2 Å². The molecule has 2 aromatic rings. The summed E-state index contributed by atoms with van der Waals surface area (Å²) in [5, 5.41) is 3.53. The summed E-state index contributed by atoms with van der Waals surface area (Å²) in [4.78, 5) is 42.7. The van der Waals surface area contributed by atoms with Crippen molar-refractivity contribution in [3.05, 3.63) is 59.1 Å². The van der Waals surface area contributed by atoms with Gasteiger partial charge in [0.2, 0.25) is 17.7 Å². The van der Waals surface area contributed by atoms with Gasteiger partial charge in [-0.2, -0.15) is 0 Å². The van der Waals surface area contributed by atoms with Gasteiger partial charge in [0.1, 0.15) is 0 Å². The highest BCUT2D eigenvalue weighted by Gasteiger charge is 2.24. The summed E-state index contributed by atoms with van der Waals surface area (Å²) in [5.74, 6) is 0.0663. The van der Waals surface area contributed by atoms with Crippen molar-refractivity contribution in [3.8, 4) is 0 Å². The molecule has 0 saturated carbocycles. The zero-order chi connectivity index (χ0) is 22.5. The monoisotopic (exact) mass is 454 g/mol. The zero-order valence-electron chi connectivity index (χ0n) is 17.9. The van der Waals surface area contributed by atoms with Crippen LogP contribution in [0.3, 0.4) is 0 Å². The topological polar surface area (TPSA) is 73.0 Å². The van der Waals surface area contributed by atoms with Crippen LogP contribution in [-0.2, 0) is 20.8 Å². The average molecular weight is 455 g/mol. The van der Waals surface area contributed by atoms with Crippen LogP contribution < -0.4 is 10.2 Å². The van der Waals surface area contributed by atoms with Crippen LogP contribution in [0.2, 0.25) is 5.02 Å². The van der Waals surface area contributed by atoms with E-state index in [-0.39, 0.29) is 30.7 Å². The summed E-state index contributed by atoms with van der Waals surface area (Å²) in [5.41, 5.74) is 2.33. The van der Waals surface area contributed by atoms with Gasteiger partial charge in [-0.1, -0.05) is 35.9 Å². The lowest BCUT2D eigenvalue weighted by Gasteiger charge is -2.34. The lowest BCUT2D eigenvalue weighted by atomic mass is 10.1. The Kier molecular flexibility index (Phi) is 7.07. The van der Waals surface area contributed by atoms with Crippen molar-refractivity contribution in [2.45, 2.75) is 19.3 Å². The van der Waals surface area contributed by atoms with Crippen molar-refractivity contribution >= 4 is 40.7 Å². The Balaban J connectivity index is 1.25. The number of carbonyl (C=O) groups excluding carboxylic acids is 3. The number of anilines is 2. The molecule has 2 aromatic carbocycles. The number of halogens is 1. The predicted octanol–water partition coefficient (Wildman–Crippen LogP) is 2.79. The van der Waals surface area contributed by atoms with Crippen LogP contribution in [0.4, 0.5) is 11.4 Å². The fourth-order valence-electron chi connectivity index (χ4n) is 4.15. The number of amides is 3. The summed E-state index contributed by atoms with van der Waals surface area (Å²) in [7, 11) is 0. The largest absolute Gasteiger partial charge is 0.340 e. The Labute approximate surface area is 192 Å². The number of carbonyl (C=O) groups is 3. The fraction of sp³-hybridized carbons (Fsp3) is 0.375. The number of hydrogen-bond acceptors (Lipinski definition) is 4. The van der Waals surface area contributed by atoms with Crippen LogP contribution in [0, 0.1) is 0 Å². The normalized spacial score (nSPS) is 17.0. The number of nitrogens with zero attached hydrogens (tertiary/aromatic N) is 3. The van der Waals surface area contributed by atoms with E-state index < -0.39 is 0 Å². The minimum atomic E-state index is -0.106. The second-order valence-electron chi connectivity index (χ2n) is 8.17. The molecule has 168 valence electrons. The number of nitrogens with one attached hydrogen (secondary N) is 1. The Hall–Kier alpha value is -2.90. The van der Waals surface area contributed by atoms with E-state index >= 15 is 0 Å². The van der Waals surface area contributed by atoms with Crippen LogP contribution >= 0.6 is 11.6 Å². The van der Waals surface area contributed by atoms with E-state index in [4.69, 9.17) is 11.6 Å². The van der Waals surface area contributed by atoms with Crippen LogP contribution in [0.1, 0.15) is 18.4 Å². The molecule has 8 heteroatoms. The van der Waals surface area contributed by atoms with Crippen LogP contribution in [0.5, 0.6) is 0 Å². The summed E-state index contributed by atoms with van der Waals surface area (Å²) in [6.07, 6.45) is 1.72. The van der Waals surface area contributed by atoms with E-state index in [0.29, 0.717) is 43.3 Å². The summed E-state index contributed by atoms with van der Waals surface area (Å²) >= 11 is 6.17. The van der Waals surface area contributed by atoms with Gasteiger partial charge in [0.15, 0.2) is 0 Å². The molecule has 2 heterocycles. The number of piperazine rings is 1. The number of rotatable bonds is 6. The minimum Gasteiger partial charge on any atom is -0.340 e. The number of benzene rings is 2. The van der Waals surface area contributed by atoms with Gasteiger partial charge in [-0.25, -0.2) is 0 Å². The van der Waals surface area contributed by atoms with Crippen molar-refractivity contribution in [3.63, 3.8) is 0 Å². The predicted molar refractivity (Wildman–Crippen MR) is 125 cm³/mol. The maximum absolute atomic E-state index is 12.6. The molecule has 0 aliphatic carbocycles. The molecule has 0 atom stereocenters. The first-order chi connectivity index (χ1) is 15.5. The SMILES string of the molecule is O=C(CN1CCN(C(=O)Cc2ccccc2Cl)CC1)Nc1cccc(N2CCCC2=O)c1. The van der Waals surface area contributed by atoms with Crippen LogP contribution in [0.25, 0.3) is 0 Å². The van der Waals surface area contributed by atoms with Crippen molar-refractivity contribution in [1.82, 2.24) is 9.80 Å². The third-order valence-electron chi connectivity index (χ3n) is 5.91. The van der Waals surface area contributed by atoms with Gasteiger partial charge >= 0.3 is 0 Å². The quantitative estimate of drug-likeness (QED) is 0.728. The Morgan fingerprint density at radius 2 is 1.75 bits per heavy atom. The molecule has 0 unspecified atom stereocenters. The van der Waals surface area contributed by atoms with Gasteiger partial charge in [0.25, 0.3) is 0 Å². The molecule has 2 aliphatic rings. The lowest BCUT2D eigenvalue weighted by Crippen LogP contribution is -2.50. The Bertz CT molecular complexity index is 1000. The van der Waals surface area contributed by atoms with E-state index in [1.807, 2.05) is 52.3 Å². The summed E-state index contributed by atoms with van der Waals surface area (Å²) < 4.78 is 0. The second kappa shape index (κ2) is 10.1. The fourth-order valence-corrected chi connectivity index (χ4v) is 4.35. The van der Waals surface area contributed by atoms with Crippen molar-refractivity contribution < 1.29 is 14.4 Å². The molecule has 0 radical (unpaired) electrons.